The van der Waals surface area contributed by atoms with E-state index in [4.69, 9.17) is 38.4 Å². The Hall–Kier alpha value is -1.34. The van der Waals surface area contributed by atoms with E-state index in [1.165, 1.54) is 0 Å². The first-order valence-corrected chi connectivity index (χ1v) is 5.05. The molecule has 16 heavy (non-hydrogen) atoms. The number of halogens is 1. The molecule has 0 unspecified atom stereocenters. The molecule has 0 saturated carbocycles. The van der Waals surface area contributed by atoms with Gasteiger partial charge in [0, 0.05) is 6.54 Å². The highest BCUT2D eigenvalue weighted by molar-refractivity contribution is 6.24. The highest BCUT2D eigenvalue weighted by atomic mass is 35.5. The van der Waals surface area contributed by atoms with Crippen molar-refractivity contribution in [3.63, 3.8) is 0 Å². The van der Waals surface area contributed by atoms with Gasteiger partial charge in [-0.25, -0.2) is 0 Å². The van der Waals surface area contributed by atoms with Crippen LogP contribution in [0.25, 0.3) is 0 Å². The Morgan fingerprint density at radius 1 is 1.62 bits per heavy atom. The van der Waals surface area contributed by atoms with Crippen LogP contribution in [-0.4, -0.2) is 41.8 Å². The molecule has 0 bridgehead atoms. The Bertz CT molecular complexity index is 225. The minimum absolute atomic E-state index is 0.111. The summed E-state index contributed by atoms with van der Waals surface area (Å²) in [5.74, 6) is -1.00. The third-order valence-electron chi connectivity index (χ3n) is 1.39. The van der Waals surface area contributed by atoms with Crippen LogP contribution in [0, 0.1) is 5.41 Å². The lowest BCUT2D eigenvalue weighted by Crippen LogP contribution is -2.34. The fourth-order valence-electron chi connectivity index (χ4n) is 0.669. The number of carbonyl (C=O) groups excluding carboxylic acids is 1. The number of rotatable bonds is 6. The monoisotopic (exact) mass is 252 g/mol. The van der Waals surface area contributed by atoms with Crippen LogP contribution in [0.3, 0.4) is 0 Å². The van der Waals surface area contributed by atoms with Crippen LogP contribution < -0.4 is 16.8 Å². The summed E-state index contributed by atoms with van der Waals surface area (Å²) in [4.78, 5) is 19.3. The Labute approximate surface area is 98.6 Å². The number of hydrogen-bond donors (Lipinski definition) is 5. The molecule has 1 atom stereocenters. The van der Waals surface area contributed by atoms with Gasteiger partial charge in [0.15, 0.2) is 5.96 Å². The van der Waals surface area contributed by atoms with E-state index in [0.29, 0.717) is 25.7 Å². The van der Waals surface area contributed by atoms with E-state index in [1.54, 1.807) is 0 Å². The summed E-state index contributed by atoms with van der Waals surface area (Å²) in [5, 5.41) is 17.7. The predicted octanol–water partition coefficient (Wildman–Crippen LogP) is -0.914. The number of carboxylic acids is 1. The molecular weight excluding hydrogens is 236 g/mol. The Kier molecular flexibility index (Phi) is 12.5. The van der Waals surface area contributed by atoms with Crippen LogP contribution in [-0.2, 0) is 9.59 Å². The predicted molar refractivity (Wildman–Crippen MR) is 61.5 cm³/mol. The topological polar surface area (TPSA) is 142 Å². The molecule has 94 valence electrons. The van der Waals surface area contributed by atoms with Crippen LogP contribution >= 0.6 is 11.6 Å². The number of aliphatic carboxylic acids is 1. The smallest absolute Gasteiger partial charge is 0.320 e. The van der Waals surface area contributed by atoms with Crippen LogP contribution in [0.2, 0.25) is 0 Å². The van der Waals surface area contributed by atoms with Crippen molar-refractivity contribution < 1.29 is 14.7 Å². The summed E-state index contributed by atoms with van der Waals surface area (Å²) < 4.78 is 0. The normalized spacial score (nSPS) is 10.6. The number of nitrogens with two attached hydrogens (primary N) is 2. The number of carbonyl (C=O) groups is 2. The Morgan fingerprint density at radius 3 is 2.44 bits per heavy atom. The molecule has 0 heterocycles. The quantitative estimate of drug-likeness (QED) is 0.136. The van der Waals surface area contributed by atoms with Gasteiger partial charge in [0.2, 0.25) is 0 Å². The molecule has 0 aliphatic rings. The number of hydrogen-bond acceptors (Lipinski definition) is 4. The molecule has 0 aromatic heterocycles. The minimum atomic E-state index is -1.00. The number of alkyl halides is 1. The molecule has 0 amide bonds. The third-order valence-corrected chi connectivity index (χ3v) is 1.51. The van der Waals surface area contributed by atoms with Gasteiger partial charge in [0.05, 0.1) is 5.88 Å². The number of guanidine groups is 1. The average Bonchev–Trinajstić information content (AvgIpc) is 2.24. The summed E-state index contributed by atoms with van der Waals surface area (Å²) in [5.41, 5.74) is 10.2. The van der Waals surface area contributed by atoms with Gasteiger partial charge in [-0.2, -0.15) is 0 Å². The first kappa shape index (κ1) is 17.1. The molecule has 0 aromatic carbocycles. The molecule has 0 aromatic rings. The van der Waals surface area contributed by atoms with E-state index < -0.39 is 12.0 Å². The molecule has 0 spiro atoms. The average molecular weight is 253 g/mol. The molecule has 0 radical (unpaired) electrons. The van der Waals surface area contributed by atoms with E-state index in [1.807, 2.05) is 0 Å². The molecule has 0 aliphatic carbocycles. The summed E-state index contributed by atoms with van der Waals surface area (Å²) in [7, 11) is 0. The molecule has 8 heteroatoms. The molecule has 0 saturated heterocycles. The SMILES string of the molecule is N=C(N)NCCC[C@H](N)C(=O)O.O=CCCl. The minimum Gasteiger partial charge on any atom is -0.480 e. The summed E-state index contributed by atoms with van der Waals surface area (Å²) >= 11 is 4.82. The van der Waals surface area contributed by atoms with Crippen molar-refractivity contribution in [3.8, 4) is 0 Å². The fraction of sp³-hybridized carbons (Fsp3) is 0.625. The number of nitrogens with one attached hydrogen (secondary N) is 2. The van der Waals surface area contributed by atoms with Gasteiger partial charge in [-0.1, -0.05) is 0 Å². The first-order chi connectivity index (χ1) is 7.45. The van der Waals surface area contributed by atoms with Gasteiger partial charge in [-0.15, -0.1) is 11.6 Å². The van der Waals surface area contributed by atoms with Gasteiger partial charge in [0.25, 0.3) is 0 Å². The van der Waals surface area contributed by atoms with Crippen LogP contribution in [0.1, 0.15) is 12.8 Å². The van der Waals surface area contributed by atoms with E-state index >= 15 is 0 Å². The highest BCUT2D eigenvalue weighted by Gasteiger charge is 2.09. The second-order valence-electron chi connectivity index (χ2n) is 2.75. The van der Waals surface area contributed by atoms with Crippen molar-refractivity contribution in [2.45, 2.75) is 18.9 Å². The summed E-state index contributed by atoms with van der Waals surface area (Å²) in [6.07, 6.45) is 1.62. The van der Waals surface area contributed by atoms with E-state index in [9.17, 15) is 4.79 Å². The van der Waals surface area contributed by atoms with Gasteiger partial charge >= 0.3 is 5.97 Å². The van der Waals surface area contributed by atoms with Crippen molar-refractivity contribution in [1.29, 1.82) is 5.41 Å². The Morgan fingerprint density at radius 2 is 2.12 bits per heavy atom. The van der Waals surface area contributed by atoms with Gasteiger partial charge in [-0.05, 0) is 12.8 Å². The second kappa shape index (κ2) is 11.7. The summed E-state index contributed by atoms with van der Waals surface area (Å²) in [6, 6.07) is -0.821. The van der Waals surface area contributed by atoms with Crippen molar-refractivity contribution in [2.24, 2.45) is 11.5 Å². The van der Waals surface area contributed by atoms with Gasteiger partial charge < -0.3 is 26.7 Å². The number of aldehydes is 1. The van der Waals surface area contributed by atoms with Gasteiger partial charge in [-0.3, -0.25) is 10.2 Å². The van der Waals surface area contributed by atoms with Crippen molar-refractivity contribution in [3.05, 3.63) is 0 Å². The lowest BCUT2D eigenvalue weighted by Gasteiger charge is -2.06. The Balaban J connectivity index is 0. The fourth-order valence-corrected chi connectivity index (χ4v) is 0.669. The molecule has 0 fully saturated rings. The molecule has 7 N–H and O–H groups in total. The zero-order valence-corrected chi connectivity index (χ0v) is 9.54. The van der Waals surface area contributed by atoms with Crippen molar-refractivity contribution in [2.75, 3.05) is 12.4 Å². The molecule has 0 rings (SSSR count). The zero-order valence-electron chi connectivity index (χ0n) is 8.78. The van der Waals surface area contributed by atoms with Crippen molar-refractivity contribution in [1.82, 2.24) is 5.32 Å². The van der Waals surface area contributed by atoms with Crippen molar-refractivity contribution >= 4 is 29.8 Å². The maximum atomic E-state index is 10.2. The number of carboxylic acid groups (broad SMARTS) is 1. The van der Waals surface area contributed by atoms with Crippen LogP contribution in [0.4, 0.5) is 0 Å². The van der Waals surface area contributed by atoms with E-state index in [-0.39, 0.29) is 11.8 Å². The third kappa shape index (κ3) is 15.1. The maximum Gasteiger partial charge on any atom is 0.320 e. The molecule has 7 nitrogen and oxygen atoms in total. The molecule has 0 aliphatic heterocycles. The highest BCUT2D eigenvalue weighted by Crippen LogP contribution is 1.92. The first-order valence-electron chi connectivity index (χ1n) is 4.51. The maximum absolute atomic E-state index is 10.2. The van der Waals surface area contributed by atoms with Crippen LogP contribution in [0.5, 0.6) is 0 Å². The largest absolute Gasteiger partial charge is 0.480 e. The lowest BCUT2D eigenvalue weighted by atomic mass is 10.2. The second-order valence-corrected chi connectivity index (χ2v) is 3.06. The zero-order chi connectivity index (χ0) is 13.0. The van der Waals surface area contributed by atoms with Gasteiger partial charge in [0.1, 0.15) is 12.3 Å². The lowest BCUT2D eigenvalue weighted by molar-refractivity contribution is -0.138. The van der Waals surface area contributed by atoms with E-state index in [0.717, 1.165) is 0 Å². The van der Waals surface area contributed by atoms with Crippen LogP contribution in [0.15, 0.2) is 0 Å². The standard InChI is InChI=1S/C6H14N4O2.C2H3ClO/c7-4(5(11)12)2-1-3-10-6(8)9;3-1-2-4/h4H,1-3,7H2,(H,11,12)(H4,8,9,10);2H,1H2/t4-;/m0./s1. The summed E-state index contributed by atoms with van der Waals surface area (Å²) in [6.45, 7) is 0.482. The molecular formula is C8H17ClN4O3. The van der Waals surface area contributed by atoms with E-state index in [2.05, 4.69) is 5.32 Å².